The lowest BCUT2D eigenvalue weighted by Crippen LogP contribution is -2.44. The van der Waals surface area contributed by atoms with Crippen LogP contribution in [-0.4, -0.2) is 44.9 Å². The number of urea groups is 1. The zero-order valence-electron chi connectivity index (χ0n) is 11.7. The van der Waals surface area contributed by atoms with Gasteiger partial charge >= 0.3 is 12.0 Å². The molecule has 1 aliphatic rings. The van der Waals surface area contributed by atoms with Crippen molar-refractivity contribution >= 4 is 17.8 Å². The number of carboxylic acids is 1. The standard InChI is InChI=1S/C13H20N4O3/c1-9(2)17-7-5-11(15-17)14-13(20)16-6-3-4-10(8-16)12(18)19/h5,7,9-10H,3-4,6,8H2,1-2H3,(H,18,19)(H,14,15,20). The Labute approximate surface area is 117 Å². The van der Waals surface area contributed by atoms with Crippen molar-refractivity contribution in [3.05, 3.63) is 12.3 Å². The van der Waals surface area contributed by atoms with Gasteiger partial charge in [-0.2, -0.15) is 5.10 Å². The number of piperidine rings is 1. The number of likely N-dealkylation sites (tertiary alicyclic amines) is 1. The fourth-order valence-corrected chi connectivity index (χ4v) is 2.24. The number of aliphatic carboxylic acids is 1. The van der Waals surface area contributed by atoms with E-state index in [1.165, 1.54) is 4.90 Å². The van der Waals surface area contributed by atoms with E-state index in [1.54, 1.807) is 16.9 Å². The van der Waals surface area contributed by atoms with E-state index in [-0.39, 0.29) is 18.6 Å². The summed E-state index contributed by atoms with van der Waals surface area (Å²) < 4.78 is 1.76. The molecule has 1 aliphatic heterocycles. The molecule has 0 radical (unpaired) electrons. The molecule has 110 valence electrons. The van der Waals surface area contributed by atoms with Crippen LogP contribution in [0.1, 0.15) is 32.7 Å². The Balaban J connectivity index is 1.95. The molecule has 2 amide bonds. The van der Waals surface area contributed by atoms with E-state index >= 15 is 0 Å². The molecule has 7 heteroatoms. The lowest BCUT2D eigenvalue weighted by molar-refractivity contribution is -0.143. The first-order chi connectivity index (χ1) is 9.47. The zero-order valence-corrected chi connectivity index (χ0v) is 11.7. The van der Waals surface area contributed by atoms with Crippen LogP contribution in [0.25, 0.3) is 0 Å². The van der Waals surface area contributed by atoms with Crippen molar-refractivity contribution in [3.8, 4) is 0 Å². The first-order valence-electron chi connectivity index (χ1n) is 6.81. The lowest BCUT2D eigenvalue weighted by Gasteiger charge is -2.30. The van der Waals surface area contributed by atoms with E-state index in [1.807, 2.05) is 13.8 Å². The molecule has 0 aromatic carbocycles. The van der Waals surface area contributed by atoms with Crippen molar-refractivity contribution in [3.63, 3.8) is 0 Å². The highest BCUT2D eigenvalue weighted by Gasteiger charge is 2.28. The first kappa shape index (κ1) is 14.4. The highest BCUT2D eigenvalue weighted by molar-refractivity contribution is 5.88. The molecule has 0 bridgehead atoms. The van der Waals surface area contributed by atoms with Gasteiger partial charge in [0.15, 0.2) is 5.82 Å². The predicted molar refractivity (Wildman–Crippen MR) is 73.6 cm³/mol. The molecule has 1 atom stereocenters. The summed E-state index contributed by atoms with van der Waals surface area (Å²) >= 11 is 0. The molecule has 1 unspecified atom stereocenters. The monoisotopic (exact) mass is 280 g/mol. The summed E-state index contributed by atoms with van der Waals surface area (Å²) in [7, 11) is 0. The van der Waals surface area contributed by atoms with Gasteiger partial charge in [-0.3, -0.25) is 14.8 Å². The number of nitrogens with zero attached hydrogens (tertiary/aromatic N) is 3. The summed E-state index contributed by atoms with van der Waals surface area (Å²) in [5.41, 5.74) is 0. The third-order valence-electron chi connectivity index (χ3n) is 3.43. The molecule has 0 aliphatic carbocycles. The molecule has 1 fully saturated rings. The fourth-order valence-electron chi connectivity index (χ4n) is 2.24. The van der Waals surface area contributed by atoms with Gasteiger partial charge in [-0.25, -0.2) is 4.79 Å². The molecule has 2 heterocycles. The van der Waals surface area contributed by atoms with E-state index in [4.69, 9.17) is 5.11 Å². The van der Waals surface area contributed by atoms with Gasteiger partial charge in [-0.1, -0.05) is 0 Å². The van der Waals surface area contributed by atoms with Gasteiger partial charge in [-0.05, 0) is 26.7 Å². The normalized spacial score (nSPS) is 19.1. The van der Waals surface area contributed by atoms with Gasteiger partial charge < -0.3 is 10.0 Å². The second kappa shape index (κ2) is 5.94. The number of carbonyl (C=O) groups is 2. The van der Waals surface area contributed by atoms with E-state index in [0.717, 1.165) is 0 Å². The fraction of sp³-hybridized carbons (Fsp3) is 0.615. The van der Waals surface area contributed by atoms with E-state index in [9.17, 15) is 9.59 Å². The van der Waals surface area contributed by atoms with Crippen LogP contribution < -0.4 is 5.32 Å². The van der Waals surface area contributed by atoms with Gasteiger partial charge in [0.05, 0.1) is 5.92 Å². The molecule has 0 saturated carbocycles. The van der Waals surface area contributed by atoms with Crippen LogP contribution in [0.2, 0.25) is 0 Å². The van der Waals surface area contributed by atoms with Crippen LogP contribution >= 0.6 is 0 Å². The molecule has 1 aromatic heterocycles. The maximum atomic E-state index is 12.1. The zero-order chi connectivity index (χ0) is 14.7. The van der Waals surface area contributed by atoms with Crippen LogP contribution in [0.15, 0.2) is 12.3 Å². The third kappa shape index (κ3) is 3.28. The van der Waals surface area contributed by atoms with Gasteiger partial charge in [-0.15, -0.1) is 0 Å². The minimum atomic E-state index is -0.841. The summed E-state index contributed by atoms with van der Waals surface area (Å²) in [5.74, 6) is -0.824. The number of aromatic nitrogens is 2. The van der Waals surface area contributed by atoms with Crippen molar-refractivity contribution in [2.45, 2.75) is 32.7 Å². The molecule has 20 heavy (non-hydrogen) atoms. The van der Waals surface area contributed by atoms with Crippen LogP contribution in [0.5, 0.6) is 0 Å². The molecular formula is C13H20N4O3. The number of anilines is 1. The molecule has 0 spiro atoms. The lowest BCUT2D eigenvalue weighted by atomic mass is 9.99. The molecular weight excluding hydrogens is 260 g/mol. The van der Waals surface area contributed by atoms with Crippen molar-refractivity contribution in [1.82, 2.24) is 14.7 Å². The minimum absolute atomic E-state index is 0.229. The Morgan fingerprint density at radius 2 is 2.25 bits per heavy atom. The van der Waals surface area contributed by atoms with E-state index in [0.29, 0.717) is 25.2 Å². The predicted octanol–water partition coefficient (Wildman–Crippen LogP) is 1.79. The van der Waals surface area contributed by atoms with Crippen LogP contribution in [0, 0.1) is 5.92 Å². The molecule has 2 rings (SSSR count). The topological polar surface area (TPSA) is 87.5 Å². The second-order valence-electron chi connectivity index (χ2n) is 5.33. The Kier molecular flexibility index (Phi) is 4.26. The number of hydrogen-bond donors (Lipinski definition) is 2. The summed E-state index contributed by atoms with van der Waals surface area (Å²) in [4.78, 5) is 24.6. The average Bonchev–Trinajstić information content (AvgIpc) is 2.87. The van der Waals surface area contributed by atoms with Crippen molar-refractivity contribution in [1.29, 1.82) is 0 Å². The largest absolute Gasteiger partial charge is 0.481 e. The Morgan fingerprint density at radius 3 is 2.85 bits per heavy atom. The highest BCUT2D eigenvalue weighted by atomic mass is 16.4. The maximum absolute atomic E-state index is 12.1. The number of carbonyl (C=O) groups excluding carboxylic acids is 1. The Bertz CT molecular complexity index is 498. The smallest absolute Gasteiger partial charge is 0.323 e. The SMILES string of the molecule is CC(C)n1ccc(NC(=O)N2CCCC(C(=O)O)C2)n1. The first-order valence-corrected chi connectivity index (χ1v) is 6.81. The van der Waals surface area contributed by atoms with Gasteiger partial charge in [0.25, 0.3) is 0 Å². The summed E-state index contributed by atoms with van der Waals surface area (Å²) in [5, 5.41) is 16.0. The van der Waals surface area contributed by atoms with E-state index < -0.39 is 11.9 Å². The number of nitrogens with one attached hydrogen (secondary N) is 1. The maximum Gasteiger partial charge on any atom is 0.323 e. The Hall–Kier alpha value is -2.05. The van der Waals surface area contributed by atoms with Crippen molar-refractivity contribution < 1.29 is 14.7 Å². The Morgan fingerprint density at radius 1 is 1.50 bits per heavy atom. The summed E-state index contributed by atoms with van der Waals surface area (Å²) in [6.45, 7) is 4.84. The highest BCUT2D eigenvalue weighted by Crippen LogP contribution is 2.17. The number of amides is 2. The summed E-state index contributed by atoms with van der Waals surface area (Å²) in [6, 6.07) is 1.67. The van der Waals surface area contributed by atoms with Crippen molar-refractivity contribution in [2.75, 3.05) is 18.4 Å². The molecule has 7 nitrogen and oxygen atoms in total. The number of carboxylic acid groups (broad SMARTS) is 1. The van der Waals surface area contributed by atoms with Gasteiger partial charge in [0.1, 0.15) is 0 Å². The minimum Gasteiger partial charge on any atom is -0.481 e. The second-order valence-corrected chi connectivity index (χ2v) is 5.33. The molecule has 2 N–H and O–H groups in total. The van der Waals surface area contributed by atoms with Gasteiger partial charge in [0, 0.05) is 31.4 Å². The van der Waals surface area contributed by atoms with Crippen LogP contribution in [0.3, 0.4) is 0 Å². The van der Waals surface area contributed by atoms with Gasteiger partial charge in [0.2, 0.25) is 0 Å². The van der Waals surface area contributed by atoms with Crippen molar-refractivity contribution in [2.24, 2.45) is 5.92 Å². The quantitative estimate of drug-likeness (QED) is 0.883. The molecule has 1 saturated heterocycles. The average molecular weight is 280 g/mol. The summed E-state index contributed by atoms with van der Waals surface area (Å²) in [6.07, 6.45) is 3.14. The van der Waals surface area contributed by atoms with Crippen LogP contribution in [-0.2, 0) is 4.79 Å². The third-order valence-corrected chi connectivity index (χ3v) is 3.43. The van der Waals surface area contributed by atoms with Crippen LogP contribution in [0.4, 0.5) is 10.6 Å². The van der Waals surface area contributed by atoms with E-state index in [2.05, 4.69) is 10.4 Å². The number of hydrogen-bond acceptors (Lipinski definition) is 3. The molecule has 1 aromatic rings. The number of rotatable bonds is 3.